The average molecular weight is 703 g/mol. The van der Waals surface area contributed by atoms with E-state index in [-0.39, 0.29) is 0 Å². The molecule has 0 aliphatic rings. The summed E-state index contributed by atoms with van der Waals surface area (Å²) in [7, 11) is 0. The molecule has 2 heterocycles. The SMILES string of the molecule is c1ccc(N(c2ccc(-c3ccccc3-n3c4ccccc4c4ccccc43)cc2)c2ccccc2-c2cccc3oc4c5ccccc5ccc4c23)cc1. The molecule has 2 aromatic heterocycles. The van der Waals surface area contributed by atoms with E-state index in [1.54, 1.807) is 0 Å². The summed E-state index contributed by atoms with van der Waals surface area (Å²) in [6.45, 7) is 0. The first kappa shape index (κ1) is 31.2. The Morgan fingerprint density at radius 1 is 0.382 bits per heavy atom. The van der Waals surface area contributed by atoms with E-state index in [0.717, 1.165) is 66.8 Å². The van der Waals surface area contributed by atoms with Gasteiger partial charge < -0.3 is 13.9 Å². The van der Waals surface area contributed by atoms with E-state index in [2.05, 4.69) is 216 Å². The Hall–Kier alpha value is -7.36. The maximum Gasteiger partial charge on any atom is 0.143 e. The molecule has 0 spiro atoms. The van der Waals surface area contributed by atoms with Gasteiger partial charge in [-0.25, -0.2) is 0 Å². The van der Waals surface area contributed by atoms with Gasteiger partial charge in [-0.3, -0.25) is 0 Å². The molecular formula is C52H34N2O. The van der Waals surface area contributed by atoms with Crippen LogP contribution in [0.5, 0.6) is 0 Å². The molecule has 0 saturated heterocycles. The Morgan fingerprint density at radius 3 is 1.76 bits per heavy atom. The van der Waals surface area contributed by atoms with Crippen molar-refractivity contribution in [2.45, 2.75) is 0 Å². The van der Waals surface area contributed by atoms with E-state index < -0.39 is 0 Å². The van der Waals surface area contributed by atoms with Crippen molar-refractivity contribution in [1.29, 1.82) is 0 Å². The standard InChI is InChI=1S/C52H34N2O/c1-2-16-37(17-3-1)53(47-25-11-9-22-43(47)44-23-14-28-50-51(44)45-34-31-35-15-4-5-19-40(35)52(45)55-50)38-32-29-36(30-33-38)39-18-6-10-24-46(39)54-48-26-12-7-20-41(48)42-21-8-13-27-49(42)54/h1-34H. The Labute approximate surface area is 318 Å². The smallest absolute Gasteiger partial charge is 0.143 e. The van der Waals surface area contributed by atoms with Gasteiger partial charge in [-0.05, 0) is 77.2 Å². The third-order valence-electron chi connectivity index (χ3n) is 11.0. The summed E-state index contributed by atoms with van der Waals surface area (Å²) >= 11 is 0. The van der Waals surface area contributed by atoms with Gasteiger partial charge in [0.25, 0.3) is 0 Å². The molecule has 0 saturated carbocycles. The molecule has 9 aromatic carbocycles. The average Bonchev–Trinajstić information content (AvgIpc) is 3.81. The maximum atomic E-state index is 6.62. The largest absolute Gasteiger partial charge is 0.455 e. The summed E-state index contributed by atoms with van der Waals surface area (Å²) in [6, 6.07) is 73.8. The molecule has 3 nitrogen and oxygen atoms in total. The van der Waals surface area contributed by atoms with E-state index >= 15 is 0 Å². The monoisotopic (exact) mass is 702 g/mol. The van der Waals surface area contributed by atoms with Gasteiger partial charge in [-0.15, -0.1) is 0 Å². The summed E-state index contributed by atoms with van der Waals surface area (Å²) in [5, 5.41) is 7.06. The van der Waals surface area contributed by atoms with Crippen LogP contribution < -0.4 is 4.90 Å². The van der Waals surface area contributed by atoms with E-state index in [4.69, 9.17) is 4.42 Å². The highest BCUT2D eigenvalue weighted by Gasteiger charge is 2.21. The van der Waals surface area contributed by atoms with Gasteiger partial charge in [0.2, 0.25) is 0 Å². The highest BCUT2D eigenvalue weighted by Crippen LogP contribution is 2.46. The van der Waals surface area contributed by atoms with Crippen LogP contribution >= 0.6 is 0 Å². The molecule has 0 amide bonds. The van der Waals surface area contributed by atoms with Crippen molar-refractivity contribution in [3.8, 4) is 27.9 Å². The number of hydrogen-bond acceptors (Lipinski definition) is 2. The van der Waals surface area contributed by atoms with Crippen LogP contribution in [0.2, 0.25) is 0 Å². The van der Waals surface area contributed by atoms with Gasteiger partial charge in [0.05, 0.1) is 22.4 Å². The zero-order chi connectivity index (χ0) is 36.3. The second-order valence-corrected chi connectivity index (χ2v) is 14.1. The van der Waals surface area contributed by atoms with Crippen molar-refractivity contribution < 1.29 is 4.42 Å². The van der Waals surface area contributed by atoms with Crippen LogP contribution in [0.25, 0.3) is 82.5 Å². The molecule has 0 aliphatic heterocycles. The quantitative estimate of drug-likeness (QED) is 0.172. The van der Waals surface area contributed by atoms with E-state index in [1.807, 2.05) is 0 Å². The lowest BCUT2D eigenvalue weighted by Crippen LogP contribution is -2.11. The Balaban J connectivity index is 1.07. The third-order valence-corrected chi connectivity index (χ3v) is 11.0. The second-order valence-electron chi connectivity index (χ2n) is 14.1. The number of aromatic nitrogens is 1. The fourth-order valence-electron chi connectivity index (χ4n) is 8.56. The van der Waals surface area contributed by atoms with Crippen LogP contribution in [-0.4, -0.2) is 4.57 Å². The van der Waals surface area contributed by atoms with Crippen molar-refractivity contribution >= 4 is 71.6 Å². The minimum absolute atomic E-state index is 0.885. The molecule has 258 valence electrons. The molecule has 55 heavy (non-hydrogen) atoms. The molecule has 0 radical (unpaired) electrons. The van der Waals surface area contributed by atoms with Crippen LogP contribution in [0.15, 0.2) is 211 Å². The predicted molar refractivity (Wildman–Crippen MR) is 231 cm³/mol. The molecular weight excluding hydrogens is 669 g/mol. The van der Waals surface area contributed by atoms with E-state index in [1.165, 1.54) is 32.8 Å². The number of hydrogen-bond donors (Lipinski definition) is 0. The van der Waals surface area contributed by atoms with Crippen molar-refractivity contribution in [2.75, 3.05) is 4.90 Å². The summed E-state index contributed by atoms with van der Waals surface area (Å²) in [4.78, 5) is 2.37. The number of rotatable bonds is 6. The van der Waals surface area contributed by atoms with Gasteiger partial charge in [0, 0.05) is 49.4 Å². The lowest BCUT2D eigenvalue weighted by atomic mass is 9.96. The molecule has 0 N–H and O–H groups in total. The first-order valence-corrected chi connectivity index (χ1v) is 18.8. The molecule has 0 fully saturated rings. The molecule has 0 atom stereocenters. The Kier molecular flexibility index (Phi) is 7.17. The number of furan rings is 1. The maximum absolute atomic E-state index is 6.62. The van der Waals surface area contributed by atoms with Gasteiger partial charge in [-0.2, -0.15) is 0 Å². The van der Waals surface area contributed by atoms with Crippen LogP contribution in [0, 0.1) is 0 Å². The molecule has 11 rings (SSSR count). The normalized spacial score (nSPS) is 11.6. The topological polar surface area (TPSA) is 21.3 Å². The first-order valence-electron chi connectivity index (χ1n) is 18.8. The van der Waals surface area contributed by atoms with Gasteiger partial charge in [0.15, 0.2) is 0 Å². The number of benzene rings is 9. The van der Waals surface area contributed by atoms with Gasteiger partial charge in [-0.1, -0.05) is 146 Å². The van der Waals surface area contributed by atoms with Crippen LogP contribution in [0.1, 0.15) is 0 Å². The Bertz CT molecular complexity index is 3150. The number of anilines is 3. The minimum Gasteiger partial charge on any atom is -0.455 e. The zero-order valence-electron chi connectivity index (χ0n) is 29.9. The third kappa shape index (κ3) is 4.98. The predicted octanol–water partition coefficient (Wildman–Crippen LogP) is 14.6. The summed E-state index contributed by atoms with van der Waals surface area (Å²) < 4.78 is 9.03. The lowest BCUT2D eigenvalue weighted by Gasteiger charge is -2.28. The van der Waals surface area contributed by atoms with E-state index in [9.17, 15) is 0 Å². The molecule has 0 unspecified atom stereocenters. The number of nitrogens with zero attached hydrogens (tertiary/aromatic N) is 2. The van der Waals surface area contributed by atoms with Crippen molar-refractivity contribution in [1.82, 2.24) is 4.57 Å². The number of para-hydroxylation sites is 5. The van der Waals surface area contributed by atoms with Crippen molar-refractivity contribution in [2.24, 2.45) is 0 Å². The number of fused-ring (bicyclic) bond motifs is 8. The Morgan fingerprint density at radius 2 is 0.982 bits per heavy atom. The molecule has 0 aliphatic carbocycles. The second kappa shape index (κ2) is 12.6. The molecule has 0 bridgehead atoms. The van der Waals surface area contributed by atoms with Gasteiger partial charge >= 0.3 is 0 Å². The summed E-state index contributed by atoms with van der Waals surface area (Å²) in [5.41, 5.74) is 13.2. The van der Waals surface area contributed by atoms with Crippen LogP contribution in [-0.2, 0) is 0 Å². The molecule has 3 heteroatoms. The first-order chi connectivity index (χ1) is 27.3. The van der Waals surface area contributed by atoms with Crippen molar-refractivity contribution in [3.63, 3.8) is 0 Å². The highest BCUT2D eigenvalue weighted by molar-refractivity contribution is 6.20. The van der Waals surface area contributed by atoms with Crippen molar-refractivity contribution in [3.05, 3.63) is 206 Å². The lowest BCUT2D eigenvalue weighted by molar-refractivity contribution is 0.673. The highest BCUT2D eigenvalue weighted by atomic mass is 16.3. The minimum atomic E-state index is 0.885. The van der Waals surface area contributed by atoms with Gasteiger partial charge in [0.1, 0.15) is 11.2 Å². The fourth-order valence-corrected chi connectivity index (χ4v) is 8.56. The molecule has 11 aromatic rings. The summed E-state index contributed by atoms with van der Waals surface area (Å²) in [6.07, 6.45) is 0. The van der Waals surface area contributed by atoms with Crippen LogP contribution in [0.4, 0.5) is 17.1 Å². The fraction of sp³-hybridized carbons (Fsp3) is 0. The zero-order valence-corrected chi connectivity index (χ0v) is 29.9. The van der Waals surface area contributed by atoms with Crippen LogP contribution in [0.3, 0.4) is 0 Å². The summed E-state index contributed by atoms with van der Waals surface area (Å²) in [5.74, 6) is 0. The van der Waals surface area contributed by atoms with E-state index in [0.29, 0.717) is 0 Å².